The van der Waals surface area contributed by atoms with E-state index < -0.39 is 5.92 Å². The van der Waals surface area contributed by atoms with E-state index in [1.165, 1.54) is 0 Å². The third-order valence-corrected chi connectivity index (χ3v) is 2.80. The van der Waals surface area contributed by atoms with Crippen molar-refractivity contribution in [2.24, 2.45) is 0 Å². The molecule has 2 saturated heterocycles. The summed E-state index contributed by atoms with van der Waals surface area (Å²) in [7, 11) is 0. The second-order valence-corrected chi connectivity index (χ2v) is 3.64. The first-order valence-corrected chi connectivity index (χ1v) is 4.29. The van der Waals surface area contributed by atoms with Crippen LogP contribution in [0.1, 0.15) is 25.7 Å². The molecule has 1 nitrogen and oxygen atoms in total. The van der Waals surface area contributed by atoms with Gasteiger partial charge in [-0.15, -0.1) is 0 Å². The van der Waals surface area contributed by atoms with Crippen LogP contribution in [0.3, 0.4) is 0 Å². The predicted octanol–water partition coefficient (Wildman–Crippen LogP) is 1.88. The zero-order valence-electron chi connectivity index (χ0n) is 6.52. The first-order valence-electron chi connectivity index (χ1n) is 4.29. The highest BCUT2D eigenvalue weighted by atomic mass is 19.3. The fourth-order valence-electron chi connectivity index (χ4n) is 2.17. The Balaban J connectivity index is 2.02. The molecule has 2 rings (SSSR count). The fraction of sp³-hybridized carbons (Fsp3) is 1.00. The van der Waals surface area contributed by atoms with Crippen LogP contribution in [0.4, 0.5) is 8.78 Å². The van der Waals surface area contributed by atoms with Gasteiger partial charge in [-0.2, -0.15) is 0 Å². The van der Waals surface area contributed by atoms with Crippen LogP contribution in [0.5, 0.6) is 0 Å². The SMILES string of the molecule is FC1(F)CCN2CCCC2C1. The van der Waals surface area contributed by atoms with E-state index in [9.17, 15) is 8.78 Å². The van der Waals surface area contributed by atoms with E-state index in [1.807, 2.05) is 0 Å². The Labute approximate surface area is 65.4 Å². The molecule has 0 radical (unpaired) electrons. The smallest absolute Gasteiger partial charge is 0.250 e. The van der Waals surface area contributed by atoms with Gasteiger partial charge in [-0.1, -0.05) is 0 Å². The third kappa shape index (κ3) is 1.39. The minimum absolute atomic E-state index is 0.0729. The van der Waals surface area contributed by atoms with Gasteiger partial charge in [0.25, 0.3) is 5.92 Å². The number of rotatable bonds is 0. The summed E-state index contributed by atoms with van der Waals surface area (Å²) in [5.74, 6) is -2.37. The molecule has 2 aliphatic rings. The second kappa shape index (κ2) is 2.41. The molecule has 0 spiro atoms. The van der Waals surface area contributed by atoms with Gasteiger partial charge in [0, 0.05) is 25.4 Å². The zero-order valence-corrected chi connectivity index (χ0v) is 6.52. The molecule has 0 aromatic carbocycles. The summed E-state index contributed by atoms with van der Waals surface area (Å²) in [4.78, 5) is 2.21. The molecule has 0 aromatic heterocycles. The molecule has 3 heteroatoms. The lowest BCUT2D eigenvalue weighted by Crippen LogP contribution is -2.43. The van der Waals surface area contributed by atoms with E-state index in [4.69, 9.17) is 0 Å². The van der Waals surface area contributed by atoms with Crippen LogP contribution < -0.4 is 0 Å². The van der Waals surface area contributed by atoms with Crippen molar-refractivity contribution in [3.63, 3.8) is 0 Å². The molecule has 0 saturated carbocycles. The molecule has 11 heavy (non-hydrogen) atoms. The first-order chi connectivity index (χ1) is 5.17. The molecule has 2 heterocycles. The van der Waals surface area contributed by atoms with Crippen molar-refractivity contribution in [1.82, 2.24) is 4.90 Å². The number of hydrogen-bond donors (Lipinski definition) is 0. The maximum atomic E-state index is 12.8. The van der Waals surface area contributed by atoms with Crippen LogP contribution >= 0.6 is 0 Å². The highest BCUT2D eigenvalue weighted by molar-refractivity contribution is 4.89. The summed E-state index contributed by atoms with van der Waals surface area (Å²) in [6, 6.07) is 0.193. The van der Waals surface area contributed by atoms with Crippen LogP contribution in [0.25, 0.3) is 0 Å². The maximum absolute atomic E-state index is 12.8. The van der Waals surface area contributed by atoms with Gasteiger partial charge in [0.15, 0.2) is 0 Å². The van der Waals surface area contributed by atoms with Crippen LogP contribution in [0.15, 0.2) is 0 Å². The first kappa shape index (κ1) is 7.47. The lowest BCUT2D eigenvalue weighted by atomic mass is 9.99. The Kier molecular flexibility index (Phi) is 1.63. The topological polar surface area (TPSA) is 3.24 Å². The molecule has 0 aromatic rings. The number of alkyl halides is 2. The van der Waals surface area contributed by atoms with Crippen molar-refractivity contribution in [3.8, 4) is 0 Å². The minimum Gasteiger partial charge on any atom is -0.300 e. The summed E-state index contributed by atoms with van der Waals surface area (Å²) >= 11 is 0. The van der Waals surface area contributed by atoms with Crippen LogP contribution in [0.2, 0.25) is 0 Å². The number of nitrogens with zero attached hydrogens (tertiary/aromatic N) is 1. The molecule has 0 aliphatic carbocycles. The van der Waals surface area contributed by atoms with Crippen molar-refractivity contribution in [2.75, 3.05) is 13.1 Å². The van der Waals surface area contributed by atoms with Crippen LogP contribution in [-0.2, 0) is 0 Å². The van der Waals surface area contributed by atoms with Crippen molar-refractivity contribution < 1.29 is 8.78 Å². The molecule has 2 aliphatic heterocycles. The number of fused-ring (bicyclic) bond motifs is 1. The van der Waals surface area contributed by atoms with Crippen LogP contribution in [-0.4, -0.2) is 30.0 Å². The van der Waals surface area contributed by atoms with Gasteiger partial charge in [-0.25, -0.2) is 8.78 Å². The third-order valence-electron chi connectivity index (χ3n) is 2.80. The molecule has 0 N–H and O–H groups in total. The van der Waals surface area contributed by atoms with Crippen LogP contribution in [0, 0.1) is 0 Å². The maximum Gasteiger partial charge on any atom is 0.250 e. The van der Waals surface area contributed by atoms with E-state index in [2.05, 4.69) is 4.90 Å². The largest absolute Gasteiger partial charge is 0.300 e. The molecule has 0 bridgehead atoms. The number of halogens is 2. The summed E-state index contributed by atoms with van der Waals surface area (Å²) in [5.41, 5.74) is 0. The Hall–Kier alpha value is -0.180. The van der Waals surface area contributed by atoms with E-state index in [1.54, 1.807) is 0 Å². The van der Waals surface area contributed by atoms with Gasteiger partial charge >= 0.3 is 0 Å². The number of piperidine rings is 1. The summed E-state index contributed by atoms with van der Waals surface area (Å²) in [5, 5.41) is 0. The summed E-state index contributed by atoms with van der Waals surface area (Å²) in [6.45, 7) is 1.65. The van der Waals surface area contributed by atoms with Gasteiger partial charge < -0.3 is 0 Å². The lowest BCUT2D eigenvalue weighted by molar-refractivity contribution is -0.0687. The predicted molar refractivity (Wildman–Crippen MR) is 38.8 cm³/mol. The Morgan fingerprint density at radius 2 is 2.09 bits per heavy atom. The van der Waals surface area contributed by atoms with Gasteiger partial charge in [0.2, 0.25) is 0 Å². The average Bonchev–Trinajstić information content (AvgIpc) is 2.31. The highest BCUT2D eigenvalue weighted by Gasteiger charge is 2.41. The zero-order chi connectivity index (χ0) is 7.90. The molecule has 64 valence electrons. The number of hydrogen-bond acceptors (Lipinski definition) is 1. The van der Waals surface area contributed by atoms with Crippen molar-refractivity contribution >= 4 is 0 Å². The van der Waals surface area contributed by atoms with Gasteiger partial charge in [-0.3, -0.25) is 4.90 Å². The summed E-state index contributed by atoms with van der Waals surface area (Å²) in [6.07, 6.45) is 2.27. The van der Waals surface area contributed by atoms with E-state index >= 15 is 0 Å². The quantitative estimate of drug-likeness (QED) is 0.524. The minimum atomic E-state index is -2.37. The highest BCUT2D eigenvalue weighted by Crippen LogP contribution is 2.36. The fourth-order valence-corrected chi connectivity index (χ4v) is 2.17. The van der Waals surface area contributed by atoms with E-state index in [-0.39, 0.29) is 18.9 Å². The van der Waals surface area contributed by atoms with E-state index in [0.29, 0.717) is 6.54 Å². The van der Waals surface area contributed by atoms with Gasteiger partial charge in [0.1, 0.15) is 0 Å². The lowest BCUT2D eigenvalue weighted by Gasteiger charge is -2.34. The molecular weight excluding hydrogens is 148 g/mol. The molecule has 0 amide bonds. The van der Waals surface area contributed by atoms with Crippen molar-refractivity contribution in [3.05, 3.63) is 0 Å². The van der Waals surface area contributed by atoms with E-state index in [0.717, 1.165) is 19.4 Å². The summed E-state index contributed by atoms with van der Waals surface area (Å²) < 4.78 is 25.6. The van der Waals surface area contributed by atoms with Gasteiger partial charge in [-0.05, 0) is 19.4 Å². The molecule has 2 fully saturated rings. The molecule has 1 atom stereocenters. The van der Waals surface area contributed by atoms with Crippen molar-refractivity contribution in [1.29, 1.82) is 0 Å². The molecular formula is C8H13F2N. The molecule has 1 unspecified atom stereocenters. The Bertz CT molecular complexity index is 158. The van der Waals surface area contributed by atoms with Gasteiger partial charge in [0.05, 0.1) is 0 Å². The Morgan fingerprint density at radius 3 is 2.91 bits per heavy atom. The normalized spacial score (nSPS) is 37.1. The standard InChI is InChI=1S/C8H13F2N/c9-8(10)3-5-11-4-1-2-7(11)6-8/h7H,1-6H2. The second-order valence-electron chi connectivity index (χ2n) is 3.64. The Morgan fingerprint density at radius 1 is 1.27 bits per heavy atom. The average molecular weight is 161 g/mol. The van der Waals surface area contributed by atoms with Crippen molar-refractivity contribution in [2.45, 2.75) is 37.6 Å². The monoisotopic (exact) mass is 161 g/mol.